The maximum atomic E-state index is 10.8. The van der Waals surface area contributed by atoms with Gasteiger partial charge in [-0.2, -0.15) is 0 Å². The fraction of sp³-hybridized carbons (Fsp3) is 1.00. The van der Waals surface area contributed by atoms with Gasteiger partial charge in [0, 0.05) is 0 Å². The van der Waals surface area contributed by atoms with Gasteiger partial charge in [0.25, 0.3) is 0 Å². The van der Waals surface area contributed by atoms with Crippen LogP contribution in [0.25, 0.3) is 0 Å². The molecule has 0 spiro atoms. The van der Waals surface area contributed by atoms with Gasteiger partial charge in [-0.15, -0.1) is 0 Å². The average molecular weight is 355 g/mol. The lowest BCUT2D eigenvalue weighted by atomic mass is 9.58. The Morgan fingerprint density at radius 3 is 2.28 bits per heavy atom. The fourth-order valence-electron chi connectivity index (χ4n) is 6.24. The summed E-state index contributed by atoms with van der Waals surface area (Å²) in [4.78, 5) is 0. The Morgan fingerprint density at radius 1 is 1.04 bits per heavy atom. The van der Waals surface area contributed by atoms with Crippen LogP contribution in [0.15, 0.2) is 0 Å². The molecule has 2 rings (SSSR count). The highest BCUT2D eigenvalue weighted by Gasteiger charge is 2.55. The van der Waals surface area contributed by atoms with Gasteiger partial charge in [0.05, 0.1) is 24.9 Å². The van der Waals surface area contributed by atoms with Crippen LogP contribution in [0.4, 0.5) is 0 Å². The summed E-state index contributed by atoms with van der Waals surface area (Å²) in [7, 11) is 0. The molecule has 0 aromatic carbocycles. The third kappa shape index (κ3) is 4.59. The van der Waals surface area contributed by atoms with Gasteiger partial charge >= 0.3 is 0 Å². The molecule has 2 aliphatic carbocycles. The zero-order valence-corrected chi connectivity index (χ0v) is 17.3. The van der Waals surface area contributed by atoms with Crippen LogP contribution < -0.4 is 0 Å². The molecule has 2 fully saturated rings. The molecule has 0 radical (unpaired) electrons. The molecule has 2 N–H and O–H groups in total. The van der Waals surface area contributed by atoms with E-state index in [-0.39, 0.29) is 16.9 Å². The van der Waals surface area contributed by atoms with E-state index in [9.17, 15) is 10.2 Å². The van der Waals surface area contributed by atoms with E-state index >= 15 is 0 Å². The number of rotatable bonds is 9. The predicted molar refractivity (Wildman–Crippen MR) is 104 cm³/mol. The summed E-state index contributed by atoms with van der Waals surface area (Å²) >= 11 is 0. The van der Waals surface area contributed by atoms with Crippen molar-refractivity contribution >= 4 is 0 Å². The van der Waals surface area contributed by atoms with Crippen molar-refractivity contribution in [2.45, 2.75) is 104 Å². The molecule has 0 aliphatic heterocycles. The Bertz CT molecular complexity index is 413. The van der Waals surface area contributed by atoms with Gasteiger partial charge in [-0.3, -0.25) is 0 Å². The van der Waals surface area contributed by atoms with Crippen molar-refractivity contribution in [1.29, 1.82) is 0 Å². The van der Waals surface area contributed by atoms with Crippen LogP contribution in [0.3, 0.4) is 0 Å². The number of hydrogen-bond acceptors (Lipinski definition) is 3. The third-order valence-corrected chi connectivity index (χ3v) is 7.31. The molecule has 0 bridgehead atoms. The smallest absolute Gasteiger partial charge is 0.0880 e. The van der Waals surface area contributed by atoms with E-state index in [4.69, 9.17) is 4.74 Å². The van der Waals surface area contributed by atoms with Crippen LogP contribution in [-0.4, -0.2) is 35.1 Å². The first kappa shape index (κ1) is 21.2. The van der Waals surface area contributed by atoms with Crippen molar-refractivity contribution in [3.05, 3.63) is 0 Å². The van der Waals surface area contributed by atoms with E-state index in [1.807, 2.05) is 0 Å². The minimum absolute atomic E-state index is 0.0832. The third-order valence-electron chi connectivity index (χ3n) is 7.31. The van der Waals surface area contributed by atoms with Crippen molar-refractivity contribution in [3.8, 4) is 0 Å². The SMILES string of the molecule is CCCC(O)(CCC)COCC(C)(C)C1CCC2C(O)CCCC21C. The first-order valence-corrected chi connectivity index (χ1v) is 10.7. The first-order chi connectivity index (χ1) is 11.7. The summed E-state index contributed by atoms with van der Waals surface area (Å²) in [6, 6.07) is 0. The highest BCUT2D eigenvalue weighted by Crippen LogP contribution is 2.60. The Hall–Kier alpha value is -0.120. The minimum Gasteiger partial charge on any atom is -0.393 e. The van der Waals surface area contributed by atoms with Gasteiger partial charge in [0.1, 0.15) is 0 Å². The van der Waals surface area contributed by atoms with Crippen molar-refractivity contribution in [3.63, 3.8) is 0 Å². The molecule has 2 aliphatic rings. The minimum atomic E-state index is -0.664. The molecule has 25 heavy (non-hydrogen) atoms. The highest BCUT2D eigenvalue weighted by molar-refractivity contribution is 5.04. The standard InChI is InChI=1S/C22H42O3/c1-6-12-22(24,13-7-2)16-25-15-20(3,4)19-11-10-17-18(23)9-8-14-21(17,19)5/h17-19,23-24H,6-16H2,1-5H3. The second-order valence-corrected chi connectivity index (χ2v) is 9.91. The monoisotopic (exact) mass is 354 g/mol. The topological polar surface area (TPSA) is 49.7 Å². The molecule has 3 heteroatoms. The summed E-state index contributed by atoms with van der Waals surface area (Å²) < 4.78 is 6.12. The summed E-state index contributed by atoms with van der Waals surface area (Å²) in [5.41, 5.74) is -0.337. The van der Waals surface area contributed by atoms with Gasteiger partial charge in [-0.1, -0.05) is 53.9 Å². The molecule has 4 unspecified atom stereocenters. The van der Waals surface area contributed by atoms with E-state index < -0.39 is 5.60 Å². The zero-order chi connectivity index (χ0) is 18.7. The van der Waals surface area contributed by atoms with Crippen molar-refractivity contribution in [2.75, 3.05) is 13.2 Å². The normalized spacial score (nSPS) is 33.5. The molecular weight excluding hydrogens is 312 g/mol. The molecule has 148 valence electrons. The lowest BCUT2D eigenvalue weighted by Crippen LogP contribution is -2.46. The maximum absolute atomic E-state index is 10.8. The van der Waals surface area contributed by atoms with E-state index in [0.29, 0.717) is 25.0 Å². The van der Waals surface area contributed by atoms with Crippen molar-refractivity contribution in [1.82, 2.24) is 0 Å². The van der Waals surface area contributed by atoms with Crippen LogP contribution in [0.2, 0.25) is 0 Å². The Morgan fingerprint density at radius 2 is 1.68 bits per heavy atom. The Labute approximate surface area is 155 Å². The van der Waals surface area contributed by atoms with Gasteiger partial charge in [-0.25, -0.2) is 0 Å². The molecule has 0 heterocycles. The fourth-order valence-corrected chi connectivity index (χ4v) is 6.24. The molecule has 3 nitrogen and oxygen atoms in total. The van der Waals surface area contributed by atoms with E-state index in [0.717, 1.165) is 44.9 Å². The number of aliphatic hydroxyl groups excluding tert-OH is 1. The molecule has 2 saturated carbocycles. The largest absolute Gasteiger partial charge is 0.393 e. The predicted octanol–water partition coefficient (Wildman–Crippen LogP) is 4.94. The number of aliphatic hydroxyl groups is 2. The second-order valence-electron chi connectivity index (χ2n) is 9.91. The maximum Gasteiger partial charge on any atom is 0.0880 e. The summed E-state index contributed by atoms with van der Waals surface area (Å²) in [5.74, 6) is 1.05. The van der Waals surface area contributed by atoms with Crippen LogP contribution in [0.1, 0.15) is 92.4 Å². The number of fused-ring (bicyclic) bond motifs is 1. The van der Waals surface area contributed by atoms with Gasteiger partial charge in [0.15, 0.2) is 0 Å². The van der Waals surface area contributed by atoms with E-state index in [2.05, 4.69) is 34.6 Å². The van der Waals surface area contributed by atoms with E-state index in [1.165, 1.54) is 12.8 Å². The van der Waals surface area contributed by atoms with Crippen molar-refractivity contribution < 1.29 is 14.9 Å². The quantitative estimate of drug-likeness (QED) is 0.617. The summed E-state index contributed by atoms with van der Waals surface area (Å²) in [6.45, 7) is 12.5. The summed E-state index contributed by atoms with van der Waals surface area (Å²) in [5, 5.41) is 21.3. The van der Waals surface area contributed by atoms with Crippen LogP contribution in [-0.2, 0) is 4.74 Å². The lowest BCUT2D eigenvalue weighted by Gasteiger charge is -2.48. The average Bonchev–Trinajstić information content (AvgIpc) is 2.86. The highest BCUT2D eigenvalue weighted by atomic mass is 16.5. The molecular formula is C22H42O3. The van der Waals surface area contributed by atoms with Gasteiger partial charge in [-0.05, 0) is 61.2 Å². The number of ether oxygens (including phenoxy) is 1. The Balaban J connectivity index is 1.97. The van der Waals surface area contributed by atoms with Gasteiger partial charge < -0.3 is 14.9 Å². The van der Waals surface area contributed by atoms with Crippen LogP contribution in [0, 0.1) is 22.7 Å². The molecule has 0 saturated heterocycles. The molecule has 0 amide bonds. The van der Waals surface area contributed by atoms with Gasteiger partial charge in [0.2, 0.25) is 0 Å². The lowest BCUT2D eigenvalue weighted by molar-refractivity contribution is -0.0992. The molecule has 0 aromatic rings. The number of hydrogen-bond donors (Lipinski definition) is 2. The summed E-state index contributed by atoms with van der Waals surface area (Å²) in [6.07, 6.45) is 9.21. The zero-order valence-electron chi connectivity index (χ0n) is 17.3. The van der Waals surface area contributed by atoms with Crippen LogP contribution >= 0.6 is 0 Å². The van der Waals surface area contributed by atoms with Crippen LogP contribution in [0.5, 0.6) is 0 Å². The Kier molecular flexibility index (Phi) is 7.01. The molecule has 4 atom stereocenters. The second kappa shape index (κ2) is 8.27. The first-order valence-electron chi connectivity index (χ1n) is 10.7. The van der Waals surface area contributed by atoms with Crippen molar-refractivity contribution in [2.24, 2.45) is 22.7 Å². The van der Waals surface area contributed by atoms with E-state index in [1.54, 1.807) is 0 Å². The molecule has 0 aromatic heterocycles.